The zero-order valence-electron chi connectivity index (χ0n) is 10.3. The molecule has 2 rings (SSSR count). The molecule has 17 heavy (non-hydrogen) atoms. The number of nitrogens with one attached hydrogen (secondary N) is 1. The van der Waals surface area contributed by atoms with Crippen LogP contribution in [0.5, 0.6) is 5.75 Å². The lowest BCUT2D eigenvalue weighted by Gasteiger charge is -2.22. The molecule has 0 saturated carbocycles. The van der Waals surface area contributed by atoms with Crippen LogP contribution in [-0.4, -0.2) is 13.7 Å². The molecular weight excluding hydrogens is 217 g/mol. The molecule has 2 nitrogen and oxygen atoms in total. The maximum Gasteiger partial charge on any atom is 0.127 e. The zero-order valence-corrected chi connectivity index (χ0v) is 10.3. The van der Waals surface area contributed by atoms with Crippen molar-refractivity contribution in [1.82, 2.24) is 5.32 Å². The lowest BCUT2D eigenvalue weighted by atomic mass is 9.97. The fourth-order valence-corrected chi connectivity index (χ4v) is 2.39. The van der Waals surface area contributed by atoms with Gasteiger partial charge in [0.1, 0.15) is 11.6 Å². The Morgan fingerprint density at radius 2 is 2.00 bits per heavy atom. The first-order valence-electron chi connectivity index (χ1n) is 6.37. The Labute approximate surface area is 102 Å². The molecule has 1 fully saturated rings. The Balaban J connectivity index is 2.15. The van der Waals surface area contributed by atoms with Crippen LogP contribution in [0, 0.1) is 5.82 Å². The van der Waals surface area contributed by atoms with Gasteiger partial charge in [0.15, 0.2) is 0 Å². The van der Waals surface area contributed by atoms with E-state index in [1.165, 1.54) is 31.7 Å². The summed E-state index contributed by atoms with van der Waals surface area (Å²) < 4.78 is 18.6. The lowest BCUT2D eigenvalue weighted by molar-refractivity contribution is 0.402. The third-order valence-corrected chi connectivity index (χ3v) is 3.34. The zero-order chi connectivity index (χ0) is 12.1. The second-order valence-electron chi connectivity index (χ2n) is 4.63. The van der Waals surface area contributed by atoms with Crippen LogP contribution in [0.1, 0.15) is 43.7 Å². The number of halogens is 1. The van der Waals surface area contributed by atoms with Crippen LogP contribution in [0.15, 0.2) is 18.2 Å². The van der Waals surface area contributed by atoms with E-state index in [1.807, 2.05) is 6.07 Å². The van der Waals surface area contributed by atoms with Gasteiger partial charge in [0.2, 0.25) is 0 Å². The first kappa shape index (κ1) is 12.4. The van der Waals surface area contributed by atoms with E-state index in [0.717, 1.165) is 18.5 Å². The van der Waals surface area contributed by atoms with Crippen molar-refractivity contribution in [3.05, 3.63) is 29.6 Å². The summed E-state index contributed by atoms with van der Waals surface area (Å²) in [5.41, 5.74) is 1.00. The van der Waals surface area contributed by atoms with Gasteiger partial charge >= 0.3 is 0 Å². The van der Waals surface area contributed by atoms with E-state index < -0.39 is 0 Å². The van der Waals surface area contributed by atoms with Gasteiger partial charge in [0, 0.05) is 12.1 Å². The molecule has 0 aliphatic carbocycles. The average molecular weight is 237 g/mol. The third kappa shape index (κ3) is 3.43. The van der Waals surface area contributed by atoms with Gasteiger partial charge in [0.25, 0.3) is 0 Å². The summed E-state index contributed by atoms with van der Waals surface area (Å²) in [7, 11) is 1.57. The van der Waals surface area contributed by atoms with Crippen molar-refractivity contribution in [1.29, 1.82) is 0 Å². The Morgan fingerprint density at radius 1 is 1.18 bits per heavy atom. The minimum atomic E-state index is -0.219. The molecule has 1 aliphatic rings. The Morgan fingerprint density at radius 3 is 2.82 bits per heavy atom. The summed E-state index contributed by atoms with van der Waals surface area (Å²) in [5.74, 6) is 0.382. The van der Waals surface area contributed by atoms with Crippen LogP contribution in [0.2, 0.25) is 0 Å². The van der Waals surface area contributed by atoms with Gasteiger partial charge in [-0.05, 0) is 37.1 Å². The van der Waals surface area contributed by atoms with E-state index in [-0.39, 0.29) is 11.9 Å². The minimum Gasteiger partial charge on any atom is -0.497 e. The average Bonchev–Trinajstić information content (AvgIpc) is 2.27. The molecule has 1 saturated heterocycles. The first-order valence-corrected chi connectivity index (χ1v) is 6.37. The highest BCUT2D eigenvalue weighted by Crippen LogP contribution is 2.26. The third-order valence-electron chi connectivity index (χ3n) is 3.34. The summed E-state index contributed by atoms with van der Waals surface area (Å²) in [6.07, 6.45) is 6.07. The van der Waals surface area contributed by atoms with Crippen molar-refractivity contribution < 1.29 is 9.13 Å². The molecule has 1 unspecified atom stereocenters. The normalized spacial score (nSPS) is 21.6. The maximum absolute atomic E-state index is 13.4. The van der Waals surface area contributed by atoms with Crippen molar-refractivity contribution >= 4 is 0 Å². The molecular formula is C14H20FNO. The lowest BCUT2D eigenvalue weighted by Crippen LogP contribution is -2.24. The van der Waals surface area contributed by atoms with Crippen LogP contribution in [0.4, 0.5) is 4.39 Å². The van der Waals surface area contributed by atoms with Crippen LogP contribution < -0.4 is 10.1 Å². The number of hydrogen-bond acceptors (Lipinski definition) is 2. The number of hydrogen-bond donors (Lipinski definition) is 1. The molecule has 0 radical (unpaired) electrons. The van der Waals surface area contributed by atoms with Crippen molar-refractivity contribution in [2.45, 2.75) is 38.1 Å². The summed E-state index contributed by atoms with van der Waals surface area (Å²) in [6.45, 7) is 1.02. The van der Waals surface area contributed by atoms with Crippen molar-refractivity contribution in [3.8, 4) is 5.75 Å². The Hall–Kier alpha value is -1.09. The van der Waals surface area contributed by atoms with E-state index in [4.69, 9.17) is 4.74 Å². The molecule has 1 heterocycles. The molecule has 1 aromatic rings. The van der Waals surface area contributed by atoms with Crippen LogP contribution in [0.25, 0.3) is 0 Å². The number of rotatable bonds is 2. The summed E-state index contributed by atoms with van der Waals surface area (Å²) in [6, 6.07) is 5.23. The van der Waals surface area contributed by atoms with Crippen molar-refractivity contribution in [3.63, 3.8) is 0 Å². The predicted octanol–water partition coefficient (Wildman–Crippen LogP) is 3.43. The van der Waals surface area contributed by atoms with Gasteiger partial charge in [-0.1, -0.05) is 19.3 Å². The number of ether oxygens (including phenoxy) is 1. The van der Waals surface area contributed by atoms with Gasteiger partial charge in [-0.2, -0.15) is 0 Å². The second-order valence-corrected chi connectivity index (χ2v) is 4.63. The quantitative estimate of drug-likeness (QED) is 0.851. The van der Waals surface area contributed by atoms with Gasteiger partial charge in [0.05, 0.1) is 7.11 Å². The highest BCUT2D eigenvalue weighted by molar-refractivity contribution is 5.31. The van der Waals surface area contributed by atoms with Gasteiger partial charge < -0.3 is 10.1 Å². The van der Waals surface area contributed by atoms with E-state index in [0.29, 0.717) is 5.75 Å². The first-order chi connectivity index (χ1) is 8.29. The fraction of sp³-hybridized carbons (Fsp3) is 0.571. The minimum absolute atomic E-state index is 0.219. The molecule has 1 N–H and O–H groups in total. The van der Waals surface area contributed by atoms with Gasteiger partial charge in [-0.3, -0.25) is 0 Å². The van der Waals surface area contributed by atoms with Crippen LogP contribution in [-0.2, 0) is 0 Å². The van der Waals surface area contributed by atoms with E-state index in [9.17, 15) is 4.39 Å². The second kappa shape index (κ2) is 6.01. The van der Waals surface area contributed by atoms with Crippen molar-refractivity contribution in [2.24, 2.45) is 0 Å². The molecule has 0 amide bonds. The molecule has 1 aromatic carbocycles. The highest BCUT2D eigenvalue weighted by Gasteiger charge is 2.14. The summed E-state index contributed by atoms with van der Waals surface area (Å²) in [5, 5.41) is 3.49. The van der Waals surface area contributed by atoms with E-state index >= 15 is 0 Å². The fourth-order valence-electron chi connectivity index (χ4n) is 2.39. The monoisotopic (exact) mass is 237 g/mol. The molecule has 94 valence electrons. The van der Waals surface area contributed by atoms with Crippen molar-refractivity contribution in [2.75, 3.05) is 13.7 Å². The van der Waals surface area contributed by atoms with Gasteiger partial charge in [-0.15, -0.1) is 0 Å². The van der Waals surface area contributed by atoms with Gasteiger partial charge in [-0.25, -0.2) is 4.39 Å². The number of methoxy groups -OCH3 is 1. The smallest absolute Gasteiger partial charge is 0.127 e. The molecule has 1 aliphatic heterocycles. The SMILES string of the molecule is COc1cc(F)cc(C2CCCCCCN2)c1. The van der Waals surface area contributed by atoms with Crippen LogP contribution >= 0.6 is 0 Å². The highest BCUT2D eigenvalue weighted by atomic mass is 19.1. The predicted molar refractivity (Wildman–Crippen MR) is 66.8 cm³/mol. The summed E-state index contributed by atoms with van der Waals surface area (Å²) in [4.78, 5) is 0. The van der Waals surface area contributed by atoms with E-state index in [1.54, 1.807) is 13.2 Å². The number of benzene rings is 1. The molecule has 1 atom stereocenters. The van der Waals surface area contributed by atoms with Crippen LogP contribution in [0.3, 0.4) is 0 Å². The molecule has 0 bridgehead atoms. The Kier molecular flexibility index (Phi) is 4.37. The van der Waals surface area contributed by atoms with E-state index in [2.05, 4.69) is 5.32 Å². The largest absolute Gasteiger partial charge is 0.497 e. The Bertz CT molecular complexity index is 359. The topological polar surface area (TPSA) is 21.3 Å². The molecule has 3 heteroatoms. The standard InChI is InChI=1S/C14H20FNO/c1-17-13-9-11(8-12(15)10-13)14-6-4-2-3-5-7-16-14/h8-10,14,16H,2-7H2,1H3. The molecule has 0 spiro atoms. The summed E-state index contributed by atoms with van der Waals surface area (Å²) >= 11 is 0. The maximum atomic E-state index is 13.4. The molecule has 0 aromatic heterocycles.